The minimum Gasteiger partial charge on any atom is -0.385 e. The van der Waals surface area contributed by atoms with Crippen LogP contribution < -0.4 is 0 Å². The number of hydrogen-bond acceptors (Lipinski definition) is 4. The number of aromatic amines is 1. The standard InChI is InChI=1S/C15H28N4O/c20-14(15-16-18-19-17-15)12-8-4-7-11-13-9-5-2-1-3-6-10-13/h13-14,20H,1-12H2,(H,16,17,18,19). The predicted octanol–water partition coefficient (Wildman–Crippen LogP) is 3.54. The highest BCUT2D eigenvalue weighted by molar-refractivity contribution is 4.82. The topological polar surface area (TPSA) is 74.7 Å². The Morgan fingerprint density at radius 2 is 1.80 bits per heavy atom. The Labute approximate surface area is 121 Å². The van der Waals surface area contributed by atoms with E-state index >= 15 is 0 Å². The lowest BCUT2D eigenvalue weighted by Crippen LogP contribution is -2.04. The highest BCUT2D eigenvalue weighted by atomic mass is 16.3. The molecule has 0 radical (unpaired) electrons. The molecule has 1 heterocycles. The lowest BCUT2D eigenvalue weighted by molar-refractivity contribution is 0.153. The third-order valence-electron chi connectivity index (χ3n) is 4.49. The highest BCUT2D eigenvalue weighted by Crippen LogP contribution is 2.27. The van der Waals surface area contributed by atoms with Gasteiger partial charge in [-0.1, -0.05) is 70.6 Å². The van der Waals surface area contributed by atoms with Crippen molar-refractivity contribution in [2.45, 2.75) is 83.2 Å². The maximum absolute atomic E-state index is 9.85. The van der Waals surface area contributed by atoms with Crippen molar-refractivity contribution in [1.29, 1.82) is 0 Å². The minimum atomic E-state index is -0.536. The Balaban J connectivity index is 1.52. The minimum absolute atomic E-state index is 0.491. The van der Waals surface area contributed by atoms with E-state index in [1.165, 1.54) is 64.2 Å². The van der Waals surface area contributed by atoms with Crippen molar-refractivity contribution in [3.63, 3.8) is 0 Å². The predicted molar refractivity (Wildman–Crippen MR) is 78.0 cm³/mol. The third-order valence-corrected chi connectivity index (χ3v) is 4.49. The Morgan fingerprint density at radius 3 is 2.50 bits per heavy atom. The van der Waals surface area contributed by atoms with E-state index in [9.17, 15) is 5.11 Å². The van der Waals surface area contributed by atoms with E-state index in [4.69, 9.17) is 0 Å². The van der Waals surface area contributed by atoms with Gasteiger partial charge in [-0.25, -0.2) is 5.10 Å². The molecule has 5 nitrogen and oxygen atoms in total. The molecule has 20 heavy (non-hydrogen) atoms. The molecule has 2 rings (SSSR count). The Morgan fingerprint density at radius 1 is 1.05 bits per heavy atom. The van der Waals surface area contributed by atoms with Gasteiger partial charge in [0.25, 0.3) is 0 Å². The number of aliphatic hydroxyl groups is 1. The van der Waals surface area contributed by atoms with E-state index < -0.39 is 6.10 Å². The zero-order valence-electron chi connectivity index (χ0n) is 12.4. The Kier molecular flexibility index (Phi) is 6.98. The summed E-state index contributed by atoms with van der Waals surface area (Å²) in [5, 5.41) is 23.2. The zero-order valence-corrected chi connectivity index (χ0v) is 12.4. The average Bonchev–Trinajstić information content (AvgIpc) is 2.94. The first-order chi connectivity index (χ1) is 9.86. The van der Waals surface area contributed by atoms with Gasteiger partial charge in [-0.3, -0.25) is 0 Å². The molecular formula is C15H28N4O. The summed E-state index contributed by atoms with van der Waals surface area (Å²) in [6.45, 7) is 0. The molecule has 1 atom stereocenters. The first-order valence-corrected chi connectivity index (χ1v) is 8.28. The van der Waals surface area contributed by atoms with Gasteiger partial charge >= 0.3 is 0 Å². The van der Waals surface area contributed by atoms with Crippen molar-refractivity contribution in [2.24, 2.45) is 5.92 Å². The smallest absolute Gasteiger partial charge is 0.177 e. The monoisotopic (exact) mass is 280 g/mol. The van der Waals surface area contributed by atoms with Gasteiger partial charge in [0.1, 0.15) is 6.10 Å². The zero-order chi connectivity index (χ0) is 14.0. The van der Waals surface area contributed by atoms with Gasteiger partial charge in [-0.05, 0) is 22.8 Å². The lowest BCUT2D eigenvalue weighted by atomic mass is 9.87. The maximum atomic E-state index is 9.85. The summed E-state index contributed by atoms with van der Waals surface area (Å²) in [6, 6.07) is 0. The quantitative estimate of drug-likeness (QED) is 0.749. The molecule has 114 valence electrons. The number of rotatable bonds is 7. The molecule has 1 saturated carbocycles. The SMILES string of the molecule is OC(CCCCCC1CCCCCCC1)c1nnn[nH]1. The van der Waals surface area contributed by atoms with Crippen molar-refractivity contribution >= 4 is 0 Å². The number of tetrazole rings is 1. The van der Waals surface area contributed by atoms with Crippen LogP contribution in [-0.4, -0.2) is 25.7 Å². The van der Waals surface area contributed by atoms with Crippen molar-refractivity contribution < 1.29 is 5.11 Å². The summed E-state index contributed by atoms with van der Waals surface area (Å²) < 4.78 is 0. The fourth-order valence-electron chi connectivity index (χ4n) is 3.22. The highest BCUT2D eigenvalue weighted by Gasteiger charge is 2.12. The van der Waals surface area contributed by atoms with Crippen LogP contribution in [0, 0.1) is 5.92 Å². The number of nitrogens with zero attached hydrogens (tertiary/aromatic N) is 3. The first-order valence-electron chi connectivity index (χ1n) is 8.28. The molecule has 0 saturated heterocycles. The molecule has 1 unspecified atom stereocenters. The Bertz CT molecular complexity index is 334. The van der Waals surface area contributed by atoms with Crippen LogP contribution in [0.5, 0.6) is 0 Å². The number of aliphatic hydroxyl groups excluding tert-OH is 1. The molecule has 1 fully saturated rings. The van der Waals surface area contributed by atoms with Gasteiger partial charge in [-0.15, -0.1) is 5.10 Å². The molecule has 5 heteroatoms. The van der Waals surface area contributed by atoms with Crippen molar-refractivity contribution in [3.05, 3.63) is 5.82 Å². The fourth-order valence-corrected chi connectivity index (χ4v) is 3.22. The van der Waals surface area contributed by atoms with Crippen LogP contribution in [0.1, 0.15) is 89.0 Å². The molecule has 0 aromatic carbocycles. The summed E-state index contributed by atoms with van der Waals surface area (Å²) in [5.74, 6) is 1.45. The molecule has 0 bridgehead atoms. The summed E-state index contributed by atoms with van der Waals surface area (Å²) in [4.78, 5) is 0. The van der Waals surface area contributed by atoms with Crippen LogP contribution in [0.25, 0.3) is 0 Å². The normalized spacial score (nSPS) is 19.4. The molecule has 0 spiro atoms. The molecule has 2 N–H and O–H groups in total. The van der Waals surface area contributed by atoms with Crippen LogP contribution in [-0.2, 0) is 0 Å². The van der Waals surface area contributed by atoms with E-state index in [1.54, 1.807) is 0 Å². The van der Waals surface area contributed by atoms with E-state index in [1.807, 2.05) is 0 Å². The number of unbranched alkanes of at least 4 members (excludes halogenated alkanes) is 2. The summed E-state index contributed by atoms with van der Waals surface area (Å²) in [7, 11) is 0. The Hall–Kier alpha value is -0.970. The maximum Gasteiger partial charge on any atom is 0.177 e. The van der Waals surface area contributed by atoms with Crippen LogP contribution in [0.15, 0.2) is 0 Å². The van der Waals surface area contributed by atoms with Gasteiger partial charge in [0.05, 0.1) is 0 Å². The molecule has 1 aromatic heterocycles. The largest absolute Gasteiger partial charge is 0.385 e. The van der Waals surface area contributed by atoms with E-state index in [-0.39, 0.29) is 0 Å². The molecule has 1 aromatic rings. The molecule has 0 aliphatic heterocycles. The second-order valence-electron chi connectivity index (χ2n) is 6.15. The summed E-state index contributed by atoms with van der Waals surface area (Å²) >= 11 is 0. The van der Waals surface area contributed by atoms with Crippen LogP contribution >= 0.6 is 0 Å². The van der Waals surface area contributed by atoms with Crippen LogP contribution in [0.2, 0.25) is 0 Å². The number of aromatic nitrogens is 4. The van der Waals surface area contributed by atoms with Crippen molar-refractivity contribution in [3.8, 4) is 0 Å². The summed E-state index contributed by atoms with van der Waals surface area (Å²) in [5.41, 5.74) is 0. The van der Waals surface area contributed by atoms with Gasteiger partial charge in [0.2, 0.25) is 0 Å². The van der Waals surface area contributed by atoms with Crippen molar-refractivity contribution in [1.82, 2.24) is 20.6 Å². The second-order valence-corrected chi connectivity index (χ2v) is 6.15. The number of nitrogens with one attached hydrogen (secondary N) is 1. The summed E-state index contributed by atoms with van der Waals surface area (Å²) in [6.07, 6.45) is 15.2. The lowest BCUT2D eigenvalue weighted by Gasteiger charge is -2.19. The van der Waals surface area contributed by atoms with Crippen LogP contribution in [0.3, 0.4) is 0 Å². The molecule has 0 amide bonds. The fraction of sp³-hybridized carbons (Fsp3) is 0.933. The number of H-pyrrole nitrogens is 1. The van der Waals surface area contributed by atoms with Gasteiger partial charge in [-0.2, -0.15) is 0 Å². The number of hydrogen-bond donors (Lipinski definition) is 2. The molecule has 1 aliphatic carbocycles. The van der Waals surface area contributed by atoms with Crippen molar-refractivity contribution in [2.75, 3.05) is 0 Å². The van der Waals surface area contributed by atoms with E-state index in [0.29, 0.717) is 5.82 Å². The molecule has 1 aliphatic rings. The molecular weight excluding hydrogens is 252 g/mol. The van der Waals surface area contributed by atoms with Gasteiger partial charge in [0, 0.05) is 0 Å². The average molecular weight is 280 g/mol. The first kappa shape index (κ1) is 15.4. The van der Waals surface area contributed by atoms with E-state index in [2.05, 4.69) is 20.6 Å². The van der Waals surface area contributed by atoms with Crippen LogP contribution in [0.4, 0.5) is 0 Å². The van der Waals surface area contributed by atoms with Gasteiger partial charge in [0.15, 0.2) is 5.82 Å². The van der Waals surface area contributed by atoms with Gasteiger partial charge < -0.3 is 5.11 Å². The second kappa shape index (κ2) is 9.06. The van der Waals surface area contributed by atoms with E-state index in [0.717, 1.165) is 18.8 Å². The third kappa shape index (κ3) is 5.57.